The zero-order chi connectivity index (χ0) is 26.2. The summed E-state index contributed by atoms with van der Waals surface area (Å²) in [5.74, 6) is 5.74. The first kappa shape index (κ1) is 30.2. The molecule has 0 aliphatic rings. The van der Waals surface area contributed by atoms with Gasteiger partial charge in [-0.2, -0.15) is 0 Å². The Morgan fingerprint density at radius 3 is 1.86 bits per heavy atom. The quantitative estimate of drug-likeness (QED) is 0.124. The molecular formula is C35H47NO. The summed E-state index contributed by atoms with van der Waals surface area (Å²) in [5.41, 5.74) is 2.45. The number of unbranched alkanes of at least 4 members (excludes halogenated alkanes) is 9. The smallest absolute Gasteiger partial charge is 0.296 e. The van der Waals surface area contributed by atoms with Crippen LogP contribution < -0.4 is 5.32 Å². The Morgan fingerprint density at radius 1 is 0.730 bits per heavy atom. The number of carbonyl (C=O) groups is 1. The van der Waals surface area contributed by atoms with Gasteiger partial charge in [0.2, 0.25) is 0 Å². The fraction of sp³-hybridized carbons (Fsp3) is 0.457. The van der Waals surface area contributed by atoms with Crippen LogP contribution in [0.25, 0.3) is 0 Å². The Balaban J connectivity index is 1.57. The summed E-state index contributed by atoms with van der Waals surface area (Å²) in [4.78, 5) is 12.5. The van der Waals surface area contributed by atoms with Crippen LogP contribution in [-0.4, -0.2) is 11.9 Å². The highest BCUT2D eigenvalue weighted by Crippen LogP contribution is 2.10. The number of benzene rings is 2. The number of hydrogen-bond donors (Lipinski definition) is 1. The van der Waals surface area contributed by atoms with Crippen molar-refractivity contribution in [3.8, 4) is 11.8 Å². The van der Waals surface area contributed by atoms with Crippen LogP contribution in [0.15, 0.2) is 85.0 Å². The second-order valence-corrected chi connectivity index (χ2v) is 9.83. The van der Waals surface area contributed by atoms with Crippen LogP contribution in [0.3, 0.4) is 0 Å². The van der Waals surface area contributed by atoms with Gasteiger partial charge in [-0.05, 0) is 68.4 Å². The van der Waals surface area contributed by atoms with Crippen LogP contribution in [0.5, 0.6) is 0 Å². The number of carbonyl (C=O) groups excluding carboxylic acids is 1. The molecule has 2 aromatic carbocycles. The van der Waals surface area contributed by atoms with Crippen molar-refractivity contribution in [3.05, 3.63) is 96.1 Å². The molecule has 0 fully saturated rings. The highest BCUT2D eigenvalue weighted by atomic mass is 16.1. The van der Waals surface area contributed by atoms with Crippen molar-refractivity contribution in [2.24, 2.45) is 0 Å². The molecule has 0 saturated heterocycles. The van der Waals surface area contributed by atoms with Crippen LogP contribution in [0.4, 0.5) is 0 Å². The number of nitrogens with one attached hydrogen (secondary N) is 1. The maximum absolute atomic E-state index is 12.5. The predicted molar refractivity (Wildman–Crippen MR) is 159 cm³/mol. The van der Waals surface area contributed by atoms with Crippen molar-refractivity contribution in [3.63, 3.8) is 0 Å². The molecule has 0 aliphatic carbocycles. The van der Waals surface area contributed by atoms with Gasteiger partial charge in [0.15, 0.2) is 0 Å². The fourth-order valence-electron chi connectivity index (χ4n) is 4.36. The predicted octanol–water partition coefficient (Wildman–Crippen LogP) is 8.77. The minimum absolute atomic E-state index is 0.0301. The van der Waals surface area contributed by atoms with Crippen LogP contribution in [-0.2, 0) is 17.6 Å². The van der Waals surface area contributed by atoms with E-state index in [-0.39, 0.29) is 11.9 Å². The normalized spacial score (nSPS) is 11.2. The first-order valence-electron chi connectivity index (χ1n) is 14.4. The third kappa shape index (κ3) is 16.3. The zero-order valence-corrected chi connectivity index (χ0v) is 23.0. The fourth-order valence-corrected chi connectivity index (χ4v) is 4.36. The third-order valence-corrected chi connectivity index (χ3v) is 6.44. The Hall–Kier alpha value is -3.05. The first-order chi connectivity index (χ1) is 18.3. The van der Waals surface area contributed by atoms with E-state index in [1.54, 1.807) is 0 Å². The Kier molecular flexibility index (Phi) is 17.2. The van der Waals surface area contributed by atoms with Crippen LogP contribution in [0.2, 0.25) is 0 Å². The van der Waals surface area contributed by atoms with Crippen molar-refractivity contribution in [1.29, 1.82) is 0 Å². The van der Waals surface area contributed by atoms with Gasteiger partial charge in [0.05, 0.1) is 0 Å². The van der Waals surface area contributed by atoms with Gasteiger partial charge < -0.3 is 5.32 Å². The summed E-state index contributed by atoms with van der Waals surface area (Å²) in [7, 11) is 0. The van der Waals surface area contributed by atoms with Gasteiger partial charge in [0.1, 0.15) is 0 Å². The molecule has 0 bridgehead atoms. The zero-order valence-electron chi connectivity index (χ0n) is 23.0. The van der Waals surface area contributed by atoms with Gasteiger partial charge in [-0.15, -0.1) is 0 Å². The first-order valence-corrected chi connectivity index (χ1v) is 14.4. The molecule has 0 aliphatic heterocycles. The standard InChI is InChI=1S/C35H47NO/c1-2-3-4-5-6-7-8-9-10-11-12-13-14-15-16-17-24-29-35(37)36-34(30-32-25-20-18-21-26-32)31-33-27-22-19-23-28-33/h6-7,9-10,18-23,25-28,34H,2-5,8,11-17,30-31H2,1H3,(H,36,37)/b7-6-,10-9-. The number of rotatable bonds is 18. The second kappa shape index (κ2) is 21.1. The highest BCUT2D eigenvalue weighted by molar-refractivity contribution is 5.93. The largest absolute Gasteiger partial charge is 0.342 e. The molecule has 1 amide bonds. The lowest BCUT2D eigenvalue weighted by Gasteiger charge is -2.17. The molecular weight excluding hydrogens is 450 g/mol. The molecule has 0 heterocycles. The van der Waals surface area contributed by atoms with Crippen molar-refractivity contribution in [2.75, 3.05) is 0 Å². The van der Waals surface area contributed by atoms with E-state index >= 15 is 0 Å². The van der Waals surface area contributed by atoms with Crippen molar-refractivity contribution >= 4 is 5.91 Å². The summed E-state index contributed by atoms with van der Waals surface area (Å²) < 4.78 is 0. The minimum atomic E-state index is -0.167. The average molecular weight is 498 g/mol. The molecule has 0 aromatic heterocycles. The van der Waals surface area contributed by atoms with E-state index in [0.29, 0.717) is 0 Å². The number of amides is 1. The summed E-state index contributed by atoms with van der Waals surface area (Å²) in [6.45, 7) is 2.25. The van der Waals surface area contributed by atoms with E-state index in [4.69, 9.17) is 0 Å². The van der Waals surface area contributed by atoms with E-state index in [0.717, 1.165) is 32.1 Å². The monoisotopic (exact) mass is 497 g/mol. The van der Waals surface area contributed by atoms with Crippen LogP contribution >= 0.6 is 0 Å². The molecule has 1 N–H and O–H groups in total. The lowest BCUT2D eigenvalue weighted by molar-refractivity contribution is -0.116. The SMILES string of the molecule is CCCCC/C=C\C/C=C\CCCCCCCC#CC(=O)NC(Cc1ccccc1)Cc1ccccc1. The van der Waals surface area contributed by atoms with E-state index in [9.17, 15) is 4.79 Å². The molecule has 37 heavy (non-hydrogen) atoms. The molecule has 0 atom stereocenters. The Morgan fingerprint density at radius 2 is 1.27 bits per heavy atom. The lowest BCUT2D eigenvalue weighted by Crippen LogP contribution is -2.37. The van der Waals surface area contributed by atoms with Crippen molar-refractivity contribution in [2.45, 2.75) is 103 Å². The molecule has 0 spiro atoms. The molecule has 2 nitrogen and oxygen atoms in total. The van der Waals surface area contributed by atoms with Crippen molar-refractivity contribution in [1.82, 2.24) is 5.32 Å². The molecule has 0 saturated carbocycles. The molecule has 2 aromatic rings. The molecule has 2 heteroatoms. The summed E-state index contributed by atoms with van der Waals surface area (Å²) in [6.07, 6.45) is 25.1. The molecule has 0 radical (unpaired) electrons. The highest BCUT2D eigenvalue weighted by Gasteiger charge is 2.13. The van der Waals surface area contributed by atoms with Crippen molar-refractivity contribution < 1.29 is 4.79 Å². The van der Waals surface area contributed by atoms with Gasteiger partial charge >= 0.3 is 0 Å². The number of allylic oxidation sites excluding steroid dienone is 4. The maximum Gasteiger partial charge on any atom is 0.296 e. The molecule has 0 unspecified atom stereocenters. The van der Waals surface area contributed by atoms with E-state index in [2.05, 4.69) is 72.7 Å². The van der Waals surface area contributed by atoms with E-state index < -0.39 is 0 Å². The summed E-state index contributed by atoms with van der Waals surface area (Å²) in [5, 5.41) is 3.15. The van der Waals surface area contributed by atoms with Gasteiger partial charge in [-0.1, -0.05) is 130 Å². The van der Waals surface area contributed by atoms with Gasteiger partial charge in [0.25, 0.3) is 5.91 Å². The lowest BCUT2D eigenvalue weighted by atomic mass is 9.99. The van der Waals surface area contributed by atoms with Gasteiger partial charge in [-0.3, -0.25) is 4.79 Å². The Bertz CT molecular complexity index is 908. The van der Waals surface area contributed by atoms with Crippen LogP contribution in [0.1, 0.15) is 95.1 Å². The maximum atomic E-state index is 12.5. The Labute approximate surface area is 226 Å². The van der Waals surface area contributed by atoms with Crippen LogP contribution in [0, 0.1) is 11.8 Å². The minimum Gasteiger partial charge on any atom is -0.342 e. The van der Waals surface area contributed by atoms with Gasteiger partial charge in [-0.25, -0.2) is 0 Å². The summed E-state index contributed by atoms with van der Waals surface area (Å²) >= 11 is 0. The topological polar surface area (TPSA) is 29.1 Å². The summed E-state index contributed by atoms with van der Waals surface area (Å²) in [6, 6.07) is 20.7. The number of hydrogen-bond acceptors (Lipinski definition) is 1. The molecule has 198 valence electrons. The molecule has 2 rings (SSSR count). The second-order valence-electron chi connectivity index (χ2n) is 9.83. The van der Waals surface area contributed by atoms with E-state index in [1.807, 2.05) is 36.4 Å². The third-order valence-electron chi connectivity index (χ3n) is 6.44. The average Bonchev–Trinajstić information content (AvgIpc) is 2.91. The van der Waals surface area contributed by atoms with E-state index in [1.165, 1.54) is 68.9 Å². The van der Waals surface area contributed by atoms with Gasteiger partial charge in [0, 0.05) is 12.5 Å².